The van der Waals surface area contributed by atoms with Crippen LogP contribution in [0.4, 0.5) is 5.82 Å². The molecule has 2 atom stereocenters. The highest BCUT2D eigenvalue weighted by molar-refractivity contribution is 5.30. The van der Waals surface area contributed by atoms with Crippen molar-refractivity contribution in [2.24, 2.45) is 18.7 Å². The summed E-state index contributed by atoms with van der Waals surface area (Å²) in [4.78, 5) is 15.8. The van der Waals surface area contributed by atoms with Gasteiger partial charge in [-0.15, -0.1) is 0 Å². The second-order valence-electron chi connectivity index (χ2n) is 4.87. The summed E-state index contributed by atoms with van der Waals surface area (Å²) in [5.74, 6) is 1.000. The molecule has 2 unspecified atom stereocenters. The Morgan fingerprint density at radius 2 is 2.41 bits per heavy atom. The molecule has 1 aliphatic carbocycles. The number of anilines is 1. The lowest BCUT2D eigenvalue weighted by atomic mass is 9.86. The normalized spacial score (nSPS) is 24.6. The third-order valence-electron chi connectivity index (χ3n) is 3.40. The largest absolute Gasteiger partial charge is 0.365 e. The fourth-order valence-corrected chi connectivity index (χ4v) is 2.38. The van der Waals surface area contributed by atoms with Gasteiger partial charge in [-0.3, -0.25) is 4.79 Å². The van der Waals surface area contributed by atoms with Crippen molar-refractivity contribution in [1.82, 2.24) is 9.55 Å². The van der Waals surface area contributed by atoms with Crippen LogP contribution in [0.1, 0.15) is 25.7 Å². The van der Waals surface area contributed by atoms with E-state index in [9.17, 15) is 4.79 Å². The van der Waals surface area contributed by atoms with Crippen LogP contribution in [0.15, 0.2) is 17.2 Å². The molecular weight excluding hydrogens is 216 g/mol. The van der Waals surface area contributed by atoms with Gasteiger partial charge in [0.05, 0.1) is 0 Å². The van der Waals surface area contributed by atoms with Gasteiger partial charge >= 0.3 is 0 Å². The first-order chi connectivity index (χ1) is 8.16. The first-order valence-corrected chi connectivity index (χ1v) is 6.18. The summed E-state index contributed by atoms with van der Waals surface area (Å²) in [7, 11) is 1.73. The molecule has 1 heterocycles. The van der Waals surface area contributed by atoms with Crippen LogP contribution in [-0.4, -0.2) is 22.1 Å². The average Bonchev–Trinajstić information content (AvgIpc) is 2.31. The topological polar surface area (TPSA) is 72.9 Å². The van der Waals surface area contributed by atoms with Gasteiger partial charge < -0.3 is 15.6 Å². The Kier molecular flexibility index (Phi) is 3.78. The van der Waals surface area contributed by atoms with Crippen LogP contribution >= 0.6 is 0 Å². The molecule has 3 N–H and O–H groups in total. The first kappa shape index (κ1) is 12.1. The third kappa shape index (κ3) is 3.06. The summed E-state index contributed by atoms with van der Waals surface area (Å²) >= 11 is 0. The van der Waals surface area contributed by atoms with Crippen molar-refractivity contribution < 1.29 is 0 Å². The van der Waals surface area contributed by atoms with E-state index in [1.54, 1.807) is 19.4 Å². The highest BCUT2D eigenvalue weighted by Gasteiger charge is 2.19. The Labute approximate surface area is 101 Å². The summed E-state index contributed by atoms with van der Waals surface area (Å²) in [6.45, 7) is 0.792. The van der Waals surface area contributed by atoms with Gasteiger partial charge in [0.2, 0.25) is 0 Å². The molecule has 5 nitrogen and oxygen atoms in total. The quantitative estimate of drug-likeness (QED) is 0.810. The highest BCUT2D eigenvalue weighted by atomic mass is 16.1. The number of nitrogens with one attached hydrogen (secondary N) is 1. The molecule has 1 aromatic heterocycles. The molecule has 0 amide bonds. The second kappa shape index (κ2) is 5.31. The van der Waals surface area contributed by atoms with E-state index >= 15 is 0 Å². The predicted octanol–water partition coefficient (Wildman–Crippen LogP) is 0.710. The molecular formula is C12H20N4O. The molecule has 1 aliphatic rings. The Hall–Kier alpha value is -1.36. The maximum atomic E-state index is 11.7. The van der Waals surface area contributed by atoms with Crippen LogP contribution in [0.25, 0.3) is 0 Å². The molecule has 1 fully saturated rings. The molecule has 94 valence electrons. The monoisotopic (exact) mass is 236 g/mol. The fraction of sp³-hybridized carbons (Fsp3) is 0.667. The SMILES string of the molecule is Cn1ccnc(NCC2CCCC(N)C2)c1=O. The van der Waals surface area contributed by atoms with E-state index in [0.717, 1.165) is 19.4 Å². The Morgan fingerprint density at radius 3 is 3.18 bits per heavy atom. The van der Waals surface area contributed by atoms with Gasteiger partial charge in [0.25, 0.3) is 5.56 Å². The lowest BCUT2D eigenvalue weighted by Gasteiger charge is -2.26. The summed E-state index contributed by atoms with van der Waals surface area (Å²) < 4.78 is 1.53. The lowest BCUT2D eigenvalue weighted by Crippen LogP contribution is -2.32. The van der Waals surface area contributed by atoms with Crippen molar-refractivity contribution >= 4 is 5.82 Å². The first-order valence-electron chi connectivity index (χ1n) is 6.18. The minimum Gasteiger partial charge on any atom is -0.365 e. The molecule has 5 heteroatoms. The summed E-state index contributed by atoms with van der Waals surface area (Å²) in [6, 6.07) is 0.321. The predicted molar refractivity (Wildman–Crippen MR) is 67.9 cm³/mol. The van der Waals surface area contributed by atoms with E-state index in [-0.39, 0.29) is 5.56 Å². The van der Waals surface area contributed by atoms with Crippen molar-refractivity contribution in [1.29, 1.82) is 0 Å². The zero-order chi connectivity index (χ0) is 12.3. The summed E-state index contributed by atoms with van der Waals surface area (Å²) in [5.41, 5.74) is 5.86. The lowest BCUT2D eigenvalue weighted by molar-refractivity contribution is 0.334. The highest BCUT2D eigenvalue weighted by Crippen LogP contribution is 2.22. The van der Waals surface area contributed by atoms with Gasteiger partial charge in [-0.1, -0.05) is 6.42 Å². The molecule has 0 spiro atoms. The molecule has 1 aromatic rings. The van der Waals surface area contributed by atoms with E-state index in [1.807, 2.05) is 0 Å². The van der Waals surface area contributed by atoms with Crippen LogP contribution in [0.5, 0.6) is 0 Å². The minimum atomic E-state index is -0.0763. The number of hydrogen-bond donors (Lipinski definition) is 2. The molecule has 0 radical (unpaired) electrons. The zero-order valence-electron chi connectivity index (χ0n) is 10.2. The molecule has 0 aromatic carbocycles. The maximum absolute atomic E-state index is 11.7. The molecule has 17 heavy (non-hydrogen) atoms. The van der Waals surface area contributed by atoms with Crippen LogP contribution in [0, 0.1) is 5.92 Å². The van der Waals surface area contributed by atoms with Gasteiger partial charge in [0, 0.05) is 32.0 Å². The number of aryl methyl sites for hydroxylation is 1. The van der Waals surface area contributed by atoms with Gasteiger partial charge in [0.1, 0.15) is 0 Å². The maximum Gasteiger partial charge on any atom is 0.293 e. The van der Waals surface area contributed by atoms with Gasteiger partial charge in [-0.2, -0.15) is 0 Å². The van der Waals surface area contributed by atoms with Crippen molar-refractivity contribution in [3.05, 3.63) is 22.7 Å². The van der Waals surface area contributed by atoms with E-state index in [1.165, 1.54) is 17.4 Å². The fourth-order valence-electron chi connectivity index (χ4n) is 2.38. The van der Waals surface area contributed by atoms with Crippen molar-refractivity contribution in [2.45, 2.75) is 31.7 Å². The van der Waals surface area contributed by atoms with Crippen molar-refractivity contribution in [2.75, 3.05) is 11.9 Å². The smallest absolute Gasteiger partial charge is 0.293 e. The van der Waals surface area contributed by atoms with Gasteiger partial charge in [-0.05, 0) is 25.2 Å². The number of rotatable bonds is 3. The minimum absolute atomic E-state index is 0.0763. The van der Waals surface area contributed by atoms with Crippen molar-refractivity contribution in [3.8, 4) is 0 Å². The Bertz CT molecular complexity index is 429. The molecule has 0 saturated heterocycles. The summed E-state index contributed by atoms with van der Waals surface area (Å²) in [6.07, 6.45) is 7.84. The van der Waals surface area contributed by atoms with Gasteiger partial charge in [-0.25, -0.2) is 4.98 Å². The van der Waals surface area contributed by atoms with Gasteiger partial charge in [0.15, 0.2) is 5.82 Å². The molecule has 2 rings (SSSR count). The zero-order valence-corrected chi connectivity index (χ0v) is 10.2. The van der Waals surface area contributed by atoms with Crippen LogP contribution in [0.3, 0.4) is 0 Å². The molecule has 0 aliphatic heterocycles. The standard InChI is InChI=1S/C12H20N4O/c1-16-6-5-14-11(12(16)17)15-8-9-3-2-4-10(13)7-9/h5-6,9-10H,2-4,7-8,13H2,1H3,(H,14,15). The average molecular weight is 236 g/mol. The number of aromatic nitrogens is 2. The summed E-state index contributed by atoms with van der Waals surface area (Å²) in [5, 5.41) is 3.14. The number of nitrogens with two attached hydrogens (primary N) is 1. The van der Waals surface area contributed by atoms with E-state index in [2.05, 4.69) is 10.3 Å². The van der Waals surface area contributed by atoms with Crippen molar-refractivity contribution in [3.63, 3.8) is 0 Å². The van der Waals surface area contributed by atoms with E-state index < -0.39 is 0 Å². The van der Waals surface area contributed by atoms with E-state index in [0.29, 0.717) is 17.8 Å². The van der Waals surface area contributed by atoms with Crippen LogP contribution in [-0.2, 0) is 7.05 Å². The Balaban J connectivity index is 1.93. The molecule has 0 bridgehead atoms. The number of hydrogen-bond acceptors (Lipinski definition) is 4. The van der Waals surface area contributed by atoms with Crippen LogP contribution < -0.4 is 16.6 Å². The second-order valence-corrected chi connectivity index (χ2v) is 4.87. The third-order valence-corrected chi connectivity index (χ3v) is 3.40. The van der Waals surface area contributed by atoms with Crippen LogP contribution in [0.2, 0.25) is 0 Å². The van der Waals surface area contributed by atoms with E-state index in [4.69, 9.17) is 5.73 Å². The molecule has 1 saturated carbocycles. The Morgan fingerprint density at radius 1 is 1.59 bits per heavy atom. The number of nitrogens with zero attached hydrogens (tertiary/aromatic N) is 2.